The second-order valence-corrected chi connectivity index (χ2v) is 4.69. The molecule has 1 N–H and O–H groups in total. The summed E-state index contributed by atoms with van der Waals surface area (Å²) in [6, 6.07) is 7.87. The second-order valence-electron chi connectivity index (χ2n) is 4.69. The van der Waals surface area contributed by atoms with Gasteiger partial charge in [-0.1, -0.05) is 31.5 Å². The summed E-state index contributed by atoms with van der Waals surface area (Å²) in [5.41, 5.74) is 0.873. The van der Waals surface area contributed by atoms with E-state index in [1.165, 1.54) is 12.8 Å². The first-order chi connectivity index (χ1) is 7.81. The van der Waals surface area contributed by atoms with Crippen molar-refractivity contribution in [2.75, 3.05) is 6.54 Å². The maximum absolute atomic E-state index is 13.7. The van der Waals surface area contributed by atoms with E-state index in [-0.39, 0.29) is 5.82 Å². The van der Waals surface area contributed by atoms with Gasteiger partial charge in [-0.05, 0) is 36.8 Å². The molecule has 0 aromatic heterocycles. The Balaban J connectivity index is 2.01. The van der Waals surface area contributed by atoms with Gasteiger partial charge in [-0.3, -0.25) is 0 Å². The molecule has 1 unspecified atom stereocenters. The lowest BCUT2D eigenvalue weighted by Crippen LogP contribution is -2.24. The van der Waals surface area contributed by atoms with Crippen LogP contribution in [0.3, 0.4) is 0 Å². The summed E-state index contributed by atoms with van der Waals surface area (Å²) in [6.07, 6.45) is 4.73. The quantitative estimate of drug-likeness (QED) is 0.775. The number of rotatable bonds is 6. The molecule has 0 amide bonds. The molecule has 2 rings (SSSR count). The lowest BCUT2D eigenvalue weighted by Gasteiger charge is -2.18. The summed E-state index contributed by atoms with van der Waals surface area (Å²) >= 11 is 0. The molecule has 1 fully saturated rings. The highest BCUT2D eigenvalue weighted by atomic mass is 19.1. The van der Waals surface area contributed by atoms with Gasteiger partial charge in [0.05, 0.1) is 0 Å². The summed E-state index contributed by atoms with van der Waals surface area (Å²) in [6.45, 7) is 3.07. The van der Waals surface area contributed by atoms with Gasteiger partial charge < -0.3 is 5.32 Å². The van der Waals surface area contributed by atoms with E-state index in [1.54, 1.807) is 12.1 Å². The molecular weight excluding hydrogens is 201 g/mol. The SMILES string of the molecule is CCCC(CNC1CC1)c1ccccc1F. The van der Waals surface area contributed by atoms with Crippen LogP contribution in [0, 0.1) is 5.82 Å². The zero-order chi connectivity index (χ0) is 11.4. The van der Waals surface area contributed by atoms with Crippen LogP contribution in [0.5, 0.6) is 0 Å². The molecule has 1 aliphatic carbocycles. The van der Waals surface area contributed by atoms with Crippen molar-refractivity contribution >= 4 is 0 Å². The van der Waals surface area contributed by atoms with Gasteiger partial charge in [0.2, 0.25) is 0 Å². The summed E-state index contributed by atoms with van der Waals surface area (Å²) in [5.74, 6) is 0.269. The Kier molecular flexibility index (Phi) is 3.94. The summed E-state index contributed by atoms with van der Waals surface area (Å²) in [7, 11) is 0. The average Bonchev–Trinajstić information content (AvgIpc) is 3.09. The largest absolute Gasteiger partial charge is 0.313 e. The highest BCUT2D eigenvalue weighted by Gasteiger charge is 2.23. The molecule has 2 heteroatoms. The van der Waals surface area contributed by atoms with Crippen molar-refractivity contribution in [3.8, 4) is 0 Å². The van der Waals surface area contributed by atoms with Crippen molar-refractivity contribution in [2.24, 2.45) is 0 Å². The highest BCUT2D eigenvalue weighted by Crippen LogP contribution is 2.25. The molecule has 88 valence electrons. The van der Waals surface area contributed by atoms with Gasteiger partial charge in [-0.15, -0.1) is 0 Å². The first-order valence-electron chi connectivity index (χ1n) is 6.29. The van der Waals surface area contributed by atoms with Crippen molar-refractivity contribution in [3.63, 3.8) is 0 Å². The van der Waals surface area contributed by atoms with E-state index >= 15 is 0 Å². The van der Waals surface area contributed by atoms with Crippen LogP contribution >= 0.6 is 0 Å². The predicted molar refractivity (Wildman–Crippen MR) is 65.1 cm³/mol. The summed E-state index contributed by atoms with van der Waals surface area (Å²) in [4.78, 5) is 0. The van der Waals surface area contributed by atoms with Gasteiger partial charge >= 0.3 is 0 Å². The summed E-state index contributed by atoms with van der Waals surface area (Å²) in [5, 5.41) is 3.50. The summed E-state index contributed by atoms with van der Waals surface area (Å²) < 4.78 is 13.7. The Bertz CT molecular complexity index is 333. The minimum Gasteiger partial charge on any atom is -0.313 e. The molecule has 0 bridgehead atoms. The molecule has 1 nitrogen and oxygen atoms in total. The number of benzene rings is 1. The number of halogens is 1. The molecule has 0 heterocycles. The van der Waals surface area contributed by atoms with E-state index in [0.717, 1.165) is 24.9 Å². The predicted octanol–water partition coefficient (Wildman–Crippen LogP) is 3.46. The lowest BCUT2D eigenvalue weighted by molar-refractivity contribution is 0.511. The van der Waals surface area contributed by atoms with E-state index in [1.807, 2.05) is 12.1 Å². The molecule has 16 heavy (non-hydrogen) atoms. The normalized spacial score (nSPS) is 17.4. The standard InChI is InChI=1S/C14H20FN/c1-2-5-11(10-16-12-8-9-12)13-6-3-4-7-14(13)15/h3-4,6-7,11-12,16H,2,5,8-10H2,1H3. The van der Waals surface area contributed by atoms with Crippen LogP contribution in [0.4, 0.5) is 4.39 Å². The first-order valence-corrected chi connectivity index (χ1v) is 6.29. The van der Waals surface area contributed by atoms with Crippen LogP contribution in [0.2, 0.25) is 0 Å². The Morgan fingerprint density at radius 3 is 2.75 bits per heavy atom. The fraction of sp³-hybridized carbons (Fsp3) is 0.571. The van der Waals surface area contributed by atoms with Crippen LogP contribution in [-0.2, 0) is 0 Å². The minimum atomic E-state index is -0.0569. The molecule has 0 radical (unpaired) electrons. The van der Waals surface area contributed by atoms with Gasteiger partial charge in [0.15, 0.2) is 0 Å². The molecule has 1 aromatic rings. The van der Waals surface area contributed by atoms with Crippen LogP contribution in [0.1, 0.15) is 44.1 Å². The van der Waals surface area contributed by atoms with Crippen molar-refractivity contribution in [3.05, 3.63) is 35.6 Å². The van der Waals surface area contributed by atoms with Gasteiger partial charge in [0.1, 0.15) is 5.82 Å². The Hall–Kier alpha value is -0.890. The van der Waals surface area contributed by atoms with Crippen molar-refractivity contribution < 1.29 is 4.39 Å². The maximum atomic E-state index is 13.7. The van der Waals surface area contributed by atoms with Crippen LogP contribution in [0.15, 0.2) is 24.3 Å². The van der Waals surface area contributed by atoms with Crippen molar-refractivity contribution in [2.45, 2.75) is 44.6 Å². The smallest absolute Gasteiger partial charge is 0.126 e. The number of hydrogen-bond acceptors (Lipinski definition) is 1. The molecule has 0 aliphatic heterocycles. The van der Waals surface area contributed by atoms with Gasteiger partial charge in [-0.25, -0.2) is 4.39 Å². The fourth-order valence-electron chi connectivity index (χ4n) is 2.12. The second kappa shape index (κ2) is 5.44. The van der Waals surface area contributed by atoms with Crippen molar-refractivity contribution in [1.82, 2.24) is 5.32 Å². The number of nitrogens with one attached hydrogen (secondary N) is 1. The third-order valence-electron chi connectivity index (χ3n) is 3.21. The van der Waals surface area contributed by atoms with E-state index in [9.17, 15) is 4.39 Å². The molecule has 1 aliphatic rings. The lowest BCUT2D eigenvalue weighted by atomic mass is 9.94. The van der Waals surface area contributed by atoms with E-state index in [2.05, 4.69) is 12.2 Å². The Morgan fingerprint density at radius 2 is 2.12 bits per heavy atom. The Morgan fingerprint density at radius 1 is 1.38 bits per heavy atom. The van der Waals surface area contributed by atoms with E-state index in [0.29, 0.717) is 12.0 Å². The van der Waals surface area contributed by atoms with Crippen LogP contribution in [-0.4, -0.2) is 12.6 Å². The molecule has 1 atom stereocenters. The van der Waals surface area contributed by atoms with Crippen LogP contribution in [0.25, 0.3) is 0 Å². The molecule has 0 saturated heterocycles. The zero-order valence-electron chi connectivity index (χ0n) is 9.88. The van der Waals surface area contributed by atoms with Gasteiger partial charge in [-0.2, -0.15) is 0 Å². The third kappa shape index (κ3) is 3.05. The fourth-order valence-corrected chi connectivity index (χ4v) is 2.12. The first kappa shape index (κ1) is 11.6. The zero-order valence-corrected chi connectivity index (χ0v) is 9.88. The van der Waals surface area contributed by atoms with Gasteiger partial charge in [0.25, 0.3) is 0 Å². The maximum Gasteiger partial charge on any atom is 0.126 e. The van der Waals surface area contributed by atoms with Crippen molar-refractivity contribution in [1.29, 1.82) is 0 Å². The van der Waals surface area contributed by atoms with E-state index in [4.69, 9.17) is 0 Å². The minimum absolute atomic E-state index is 0.0569. The topological polar surface area (TPSA) is 12.0 Å². The average molecular weight is 221 g/mol. The van der Waals surface area contributed by atoms with Gasteiger partial charge in [0, 0.05) is 12.6 Å². The third-order valence-corrected chi connectivity index (χ3v) is 3.21. The van der Waals surface area contributed by atoms with E-state index < -0.39 is 0 Å². The highest BCUT2D eigenvalue weighted by molar-refractivity contribution is 5.22. The molecule has 1 aromatic carbocycles. The monoisotopic (exact) mass is 221 g/mol. The molecular formula is C14H20FN. The molecule has 1 saturated carbocycles. The number of hydrogen-bond donors (Lipinski definition) is 1. The van der Waals surface area contributed by atoms with Crippen LogP contribution < -0.4 is 5.32 Å². The Labute approximate surface area is 97.1 Å². The molecule has 0 spiro atoms.